The predicted molar refractivity (Wildman–Crippen MR) is 84.4 cm³/mol. The van der Waals surface area contributed by atoms with Crippen molar-refractivity contribution in [3.8, 4) is 0 Å². The first-order chi connectivity index (χ1) is 10.2. The van der Waals surface area contributed by atoms with Crippen molar-refractivity contribution in [2.24, 2.45) is 0 Å². The Kier molecular flexibility index (Phi) is 4.06. The van der Waals surface area contributed by atoms with Crippen LogP contribution in [0.25, 0.3) is 0 Å². The maximum Gasteiger partial charge on any atom is 0.0597 e. The normalized spacial score (nSPS) is 18.7. The topological polar surface area (TPSA) is 42.7 Å². The lowest BCUT2D eigenvalue weighted by atomic mass is 9.93. The van der Waals surface area contributed by atoms with E-state index in [0.29, 0.717) is 12.0 Å². The standard InChI is InChI=1S/C17H24N4/c1-4-18-17(15-11-12(3)20-21(15)5-2)14-9-8-13-7-6-10-19-16(13)14/h6-7,10-11,14,17-18H,4-5,8-9H2,1-3H3. The number of pyridine rings is 1. The van der Waals surface area contributed by atoms with E-state index in [9.17, 15) is 0 Å². The van der Waals surface area contributed by atoms with Crippen LogP contribution in [0.2, 0.25) is 0 Å². The van der Waals surface area contributed by atoms with Crippen LogP contribution in [-0.4, -0.2) is 21.3 Å². The van der Waals surface area contributed by atoms with Crippen LogP contribution in [0.3, 0.4) is 0 Å². The van der Waals surface area contributed by atoms with E-state index >= 15 is 0 Å². The highest BCUT2D eigenvalue weighted by Crippen LogP contribution is 2.40. The van der Waals surface area contributed by atoms with Crippen LogP contribution in [0.15, 0.2) is 24.4 Å². The molecule has 0 saturated carbocycles. The number of nitrogens with one attached hydrogen (secondary N) is 1. The van der Waals surface area contributed by atoms with Gasteiger partial charge < -0.3 is 5.32 Å². The summed E-state index contributed by atoms with van der Waals surface area (Å²) in [4.78, 5) is 4.66. The summed E-state index contributed by atoms with van der Waals surface area (Å²) in [6, 6.07) is 6.78. The van der Waals surface area contributed by atoms with Gasteiger partial charge in [-0.3, -0.25) is 9.67 Å². The van der Waals surface area contributed by atoms with Crippen LogP contribution in [0, 0.1) is 6.92 Å². The molecule has 2 aromatic heterocycles. The predicted octanol–water partition coefficient (Wildman–Crippen LogP) is 2.99. The second-order valence-corrected chi connectivity index (χ2v) is 5.75. The summed E-state index contributed by atoms with van der Waals surface area (Å²) < 4.78 is 2.13. The minimum absolute atomic E-state index is 0.298. The Hall–Kier alpha value is -1.68. The molecule has 4 nitrogen and oxygen atoms in total. The molecule has 0 aromatic carbocycles. The van der Waals surface area contributed by atoms with Crippen molar-refractivity contribution >= 4 is 0 Å². The molecule has 4 heteroatoms. The molecule has 1 aliphatic carbocycles. The molecule has 1 N–H and O–H groups in total. The van der Waals surface area contributed by atoms with Crippen LogP contribution in [-0.2, 0) is 13.0 Å². The van der Waals surface area contributed by atoms with Crippen molar-refractivity contribution in [1.82, 2.24) is 20.1 Å². The molecule has 2 unspecified atom stereocenters. The number of aryl methyl sites for hydroxylation is 3. The molecule has 0 saturated heterocycles. The highest BCUT2D eigenvalue weighted by Gasteiger charge is 2.33. The minimum Gasteiger partial charge on any atom is -0.308 e. The Morgan fingerprint density at radius 2 is 2.29 bits per heavy atom. The van der Waals surface area contributed by atoms with Crippen molar-refractivity contribution < 1.29 is 0 Å². The Morgan fingerprint density at radius 3 is 3.05 bits per heavy atom. The van der Waals surface area contributed by atoms with Crippen LogP contribution in [0.5, 0.6) is 0 Å². The van der Waals surface area contributed by atoms with Crippen molar-refractivity contribution in [3.05, 3.63) is 47.0 Å². The van der Waals surface area contributed by atoms with Gasteiger partial charge in [-0.15, -0.1) is 0 Å². The molecule has 0 fully saturated rings. The third-order valence-corrected chi connectivity index (χ3v) is 4.38. The first kappa shape index (κ1) is 14.3. The average Bonchev–Trinajstić information content (AvgIpc) is 3.08. The van der Waals surface area contributed by atoms with Gasteiger partial charge >= 0.3 is 0 Å². The summed E-state index contributed by atoms with van der Waals surface area (Å²) in [5.74, 6) is 0.447. The van der Waals surface area contributed by atoms with Gasteiger partial charge in [-0.1, -0.05) is 13.0 Å². The van der Waals surface area contributed by atoms with E-state index in [4.69, 9.17) is 0 Å². The Balaban J connectivity index is 1.99. The van der Waals surface area contributed by atoms with Crippen molar-refractivity contribution in [1.29, 1.82) is 0 Å². The van der Waals surface area contributed by atoms with E-state index in [1.54, 1.807) is 0 Å². The van der Waals surface area contributed by atoms with Gasteiger partial charge in [0.25, 0.3) is 0 Å². The Morgan fingerprint density at radius 1 is 1.43 bits per heavy atom. The van der Waals surface area contributed by atoms with E-state index in [1.807, 2.05) is 12.3 Å². The summed E-state index contributed by atoms with van der Waals surface area (Å²) in [5.41, 5.74) is 5.06. The number of nitrogens with zero attached hydrogens (tertiary/aromatic N) is 3. The highest BCUT2D eigenvalue weighted by molar-refractivity contribution is 5.32. The third kappa shape index (κ3) is 2.60. The molecule has 2 heterocycles. The summed E-state index contributed by atoms with van der Waals surface area (Å²) in [7, 11) is 0. The fourth-order valence-corrected chi connectivity index (χ4v) is 3.51. The number of hydrogen-bond acceptors (Lipinski definition) is 3. The van der Waals surface area contributed by atoms with Gasteiger partial charge in [0.15, 0.2) is 0 Å². The Bertz CT molecular complexity index is 617. The van der Waals surface area contributed by atoms with Gasteiger partial charge in [-0.05, 0) is 50.9 Å². The van der Waals surface area contributed by atoms with E-state index < -0.39 is 0 Å². The average molecular weight is 284 g/mol. The van der Waals surface area contributed by atoms with E-state index in [0.717, 1.165) is 31.6 Å². The lowest BCUT2D eigenvalue weighted by molar-refractivity contribution is 0.414. The molecule has 1 aliphatic rings. The number of hydrogen-bond donors (Lipinski definition) is 1. The molecule has 0 bridgehead atoms. The number of likely N-dealkylation sites (N-methyl/N-ethyl adjacent to an activating group) is 1. The SMILES string of the molecule is CCNC(c1cc(C)nn1CC)C1CCc2cccnc21. The van der Waals surface area contributed by atoms with Gasteiger partial charge in [0.05, 0.1) is 17.4 Å². The zero-order chi connectivity index (χ0) is 14.8. The summed E-state index contributed by atoms with van der Waals surface area (Å²) in [6.45, 7) is 8.25. The first-order valence-electron chi connectivity index (χ1n) is 7.96. The Labute approximate surface area is 126 Å². The molecular weight excluding hydrogens is 260 g/mol. The highest BCUT2D eigenvalue weighted by atomic mass is 15.3. The maximum atomic E-state index is 4.66. The molecule has 0 radical (unpaired) electrons. The molecule has 0 amide bonds. The van der Waals surface area contributed by atoms with Crippen molar-refractivity contribution in [2.75, 3.05) is 6.54 Å². The van der Waals surface area contributed by atoms with Crippen LogP contribution in [0.4, 0.5) is 0 Å². The molecule has 21 heavy (non-hydrogen) atoms. The van der Waals surface area contributed by atoms with Crippen LogP contribution >= 0.6 is 0 Å². The summed E-state index contributed by atoms with van der Waals surface area (Å²) in [5, 5.41) is 8.28. The van der Waals surface area contributed by atoms with E-state index in [-0.39, 0.29) is 0 Å². The minimum atomic E-state index is 0.298. The number of fused-ring (bicyclic) bond motifs is 1. The zero-order valence-corrected chi connectivity index (χ0v) is 13.1. The second-order valence-electron chi connectivity index (χ2n) is 5.75. The lowest BCUT2D eigenvalue weighted by Gasteiger charge is -2.25. The molecule has 2 atom stereocenters. The number of aromatic nitrogens is 3. The molecule has 112 valence electrons. The number of rotatable bonds is 5. The molecule has 0 spiro atoms. The van der Waals surface area contributed by atoms with Crippen LogP contribution in [0.1, 0.15) is 54.9 Å². The zero-order valence-electron chi connectivity index (χ0n) is 13.1. The summed E-state index contributed by atoms with van der Waals surface area (Å²) >= 11 is 0. The van der Waals surface area contributed by atoms with Gasteiger partial charge in [0.2, 0.25) is 0 Å². The largest absolute Gasteiger partial charge is 0.308 e. The van der Waals surface area contributed by atoms with E-state index in [1.165, 1.54) is 17.0 Å². The lowest BCUT2D eigenvalue weighted by Crippen LogP contribution is -2.28. The quantitative estimate of drug-likeness (QED) is 0.918. The fraction of sp³-hybridized carbons (Fsp3) is 0.529. The van der Waals surface area contributed by atoms with Gasteiger partial charge in [-0.2, -0.15) is 5.10 Å². The second kappa shape index (κ2) is 5.98. The van der Waals surface area contributed by atoms with Gasteiger partial charge in [0.1, 0.15) is 0 Å². The molecular formula is C17H24N4. The van der Waals surface area contributed by atoms with Crippen LogP contribution < -0.4 is 5.32 Å². The smallest absolute Gasteiger partial charge is 0.0597 e. The monoisotopic (exact) mass is 284 g/mol. The fourth-order valence-electron chi connectivity index (χ4n) is 3.51. The van der Waals surface area contributed by atoms with Crippen molar-refractivity contribution in [3.63, 3.8) is 0 Å². The molecule has 3 rings (SSSR count). The molecule has 0 aliphatic heterocycles. The first-order valence-corrected chi connectivity index (χ1v) is 7.96. The van der Waals surface area contributed by atoms with Gasteiger partial charge in [0, 0.05) is 24.4 Å². The molecule has 2 aromatic rings. The summed E-state index contributed by atoms with van der Waals surface area (Å²) in [6.07, 6.45) is 4.22. The van der Waals surface area contributed by atoms with Crippen molar-refractivity contribution in [2.45, 2.75) is 52.1 Å². The van der Waals surface area contributed by atoms with E-state index in [2.05, 4.69) is 53.0 Å². The third-order valence-electron chi connectivity index (χ3n) is 4.38. The van der Waals surface area contributed by atoms with Gasteiger partial charge in [-0.25, -0.2) is 0 Å². The maximum absolute atomic E-state index is 4.66.